The molecule has 1 fully saturated rings. The Labute approximate surface area is 208 Å². The number of benzene rings is 1. The Morgan fingerprint density at radius 1 is 1.24 bits per heavy atom. The molecule has 9 nitrogen and oxygen atoms in total. The lowest BCUT2D eigenvalue weighted by atomic mass is 10.0. The van der Waals surface area contributed by atoms with Crippen molar-refractivity contribution in [2.24, 2.45) is 0 Å². The van der Waals surface area contributed by atoms with Crippen molar-refractivity contribution in [2.75, 3.05) is 40.9 Å². The molecule has 1 unspecified atom stereocenters. The summed E-state index contributed by atoms with van der Waals surface area (Å²) in [5.41, 5.74) is 3.66. The number of ether oxygens (including phenoxy) is 1. The van der Waals surface area contributed by atoms with Gasteiger partial charge in [0.25, 0.3) is 0 Å². The van der Waals surface area contributed by atoms with E-state index in [9.17, 15) is 9.59 Å². The standard InChI is InChI=1S/C23H29IN6O3/c1-4-25-23(32)30(24)18-7-5-17(6-8-18)21-26-20-13-28(16(3)31)10-9-19(20)22(27-21)29-11-12-33-14-15(29)2/h5-8,15H,4,9-14H2,1-3H3,(H,25,32). The number of amides is 3. The maximum Gasteiger partial charge on any atom is 0.330 e. The van der Waals surface area contributed by atoms with Gasteiger partial charge < -0.3 is 19.9 Å². The predicted octanol–water partition coefficient (Wildman–Crippen LogP) is 3.16. The summed E-state index contributed by atoms with van der Waals surface area (Å²) in [6.07, 6.45) is 0.740. The number of carbonyl (C=O) groups is 2. The van der Waals surface area contributed by atoms with Crippen LogP contribution in [0.15, 0.2) is 24.3 Å². The summed E-state index contributed by atoms with van der Waals surface area (Å²) in [6.45, 7) is 9.46. The van der Waals surface area contributed by atoms with Crippen LogP contribution in [0.1, 0.15) is 32.0 Å². The number of halogens is 1. The number of nitrogens with one attached hydrogen (secondary N) is 1. The van der Waals surface area contributed by atoms with Gasteiger partial charge in [0.05, 0.1) is 60.0 Å². The van der Waals surface area contributed by atoms with Crippen molar-refractivity contribution in [3.63, 3.8) is 0 Å². The summed E-state index contributed by atoms with van der Waals surface area (Å²) in [5, 5.41) is 2.79. The van der Waals surface area contributed by atoms with Crippen molar-refractivity contribution in [1.29, 1.82) is 0 Å². The molecular weight excluding hydrogens is 535 g/mol. The summed E-state index contributed by atoms with van der Waals surface area (Å²) in [5.74, 6) is 1.62. The highest BCUT2D eigenvalue weighted by atomic mass is 127. The molecule has 4 rings (SSSR count). The number of morpholine rings is 1. The Morgan fingerprint density at radius 3 is 2.67 bits per heavy atom. The number of aromatic nitrogens is 2. The largest absolute Gasteiger partial charge is 0.377 e. The molecule has 1 aromatic heterocycles. The van der Waals surface area contributed by atoms with Gasteiger partial charge in [0.15, 0.2) is 5.82 Å². The molecule has 2 aliphatic heterocycles. The van der Waals surface area contributed by atoms with Gasteiger partial charge in [0.1, 0.15) is 5.82 Å². The highest BCUT2D eigenvalue weighted by Gasteiger charge is 2.29. The quantitative estimate of drug-likeness (QED) is 0.454. The first-order valence-electron chi connectivity index (χ1n) is 11.2. The summed E-state index contributed by atoms with van der Waals surface area (Å²) >= 11 is 1.99. The molecule has 0 spiro atoms. The third-order valence-electron chi connectivity index (χ3n) is 5.99. The van der Waals surface area contributed by atoms with Gasteiger partial charge in [0.2, 0.25) is 5.91 Å². The number of hydrogen-bond donors (Lipinski definition) is 1. The molecule has 1 aromatic carbocycles. The van der Waals surface area contributed by atoms with E-state index in [1.165, 1.54) is 0 Å². The van der Waals surface area contributed by atoms with E-state index in [1.54, 1.807) is 10.0 Å². The highest BCUT2D eigenvalue weighted by molar-refractivity contribution is 14.1. The number of anilines is 2. The third-order valence-corrected chi connectivity index (χ3v) is 6.98. The van der Waals surface area contributed by atoms with E-state index in [4.69, 9.17) is 14.7 Å². The van der Waals surface area contributed by atoms with Gasteiger partial charge in [-0.2, -0.15) is 0 Å². The smallest absolute Gasteiger partial charge is 0.330 e. The van der Waals surface area contributed by atoms with Gasteiger partial charge >= 0.3 is 6.03 Å². The summed E-state index contributed by atoms with van der Waals surface area (Å²) < 4.78 is 7.18. The van der Waals surface area contributed by atoms with Gasteiger partial charge in [-0.3, -0.25) is 4.79 Å². The van der Waals surface area contributed by atoms with Crippen LogP contribution in [-0.4, -0.2) is 65.7 Å². The number of nitrogens with zero attached hydrogens (tertiary/aromatic N) is 5. The first-order valence-corrected chi connectivity index (χ1v) is 12.2. The van der Waals surface area contributed by atoms with Crippen LogP contribution in [-0.2, 0) is 22.5 Å². The first-order chi connectivity index (χ1) is 15.9. The van der Waals surface area contributed by atoms with E-state index < -0.39 is 0 Å². The lowest BCUT2D eigenvalue weighted by molar-refractivity contribution is -0.129. The second-order valence-corrected chi connectivity index (χ2v) is 9.23. The fourth-order valence-electron chi connectivity index (χ4n) is 4.17. The molecule has 0 bridgehead atoms. The Bertz CT molecular complexity index is 1030. The third kappa shape index (κ3) is 5.06. The van der Waals surface area contributed by atoms with Gasteiger partial charge in [-0.1, -0.05) is 0 Å². The lowest BCUT2D eigenvalue weighted by Crippen LogP contribution is -2.45. The SMILES string of the molecule is CCNC(=O)N(I)c1ccc(-c2nc3c(c(N4CCOCC4C)n2)CCN(C(C)=O)C3)cc1. The average Bonchev–Trinajstić information content (AvgIpc) is 2.83. The zero-order valence-electron chi connectivity index (χ0n) is 19.2. The summed E-state index contributed by atoms with van der Waals surface area (Å²) in [4.78, 5) is 38.2. The average molecular weight is 564 g/mol. The van der Waals surface area contributed by atoms with Gasteiger partial charge in [0, 0.05) is 37.7 Å². The van der Waals surface area contributed by atoms with Crippen LogP contribution >= 0.6 is 22.9 Å². The van der Waals surface area contributed by atoms with E-state index >= 15 is 0 Å². The van der Waals surface area contributed by atoms with Crippen LogP contribution in [0.2, 0.25) is 0 Å². The number of urea groups is 1. The fourth-order valence-corrected chi connectivity index (χ4v) is 4.66. The maximum absolute atomic E-state index is 12.1. The van der Waals surface area contributed by atoms with Crippen LogP contribution in [0.4, 0.5) is 16.3 Å². The molecule has 2 aliphatic rings. The molecule has 3 amide bonds. The lowest BCUT2D eigenvalue weighted by Gasteiger charge is -2.37. The predicted molar refractivity (Wildman–Crippen MR) is 135 cm³/mol. The van der Waals surface area contributed by atoms with Crippen LogP contribution < -0.4 is 13.3 Å². The molecule has 1 saturated heterocycles. The fraction of sp³-hybridized carbons (Fsp3) is 0.478. The van der Waals surface area contributed by atoms with E-state index in [1.807, 2.05) is 59.0 Å². The minimum Gasteiger partial charge on any atom is -0.377 e. The zero-order valence-corrected chi connectivity index (χ0v) is 21.3. The van der Waals surface area contributed by atoms with E-state index in [-0.39, 0.29) is 18.0 Å². The number of hydrogen-bond acceptors (Lipinski definition) is 6. The number of rotatable bonds is 4. The van der Waals surface area contributed by atoms with Crippen molar-refractivity contribution >= 4 is 46.3 Å². The van der Waals surface area contributed by atoms with Crippen LogP contribution in [0.25, 0.3) is 11.4 Å². The van der Waals surface area contributed by atoms with Gasteiger partial charge in [-0.25, -0.2) is 17.9 Å². The van der Waals surface area contributed by atoms with Gasteiger partial charge in [-0.15, -0.1) is 0 Å². The molecule has 176 valence electrons. The van der Waals surface area contributed by atoms with Gasteiger partial charge in [-0.05, 0) is 44.5 Å². The molecule has 10 heteroatoms. The zero-order chi connectivity index (χ0) is 23.5. The molecule has 0 aliphatic carbocycles. The monoisotopic (exact) mass is 564 g/mol. The molecule has 0 radical (unpaired) electrons. The second kappa shape index (κ2) is 10.2. The minimum absolute atomic E-state index is 0.0546. The van der Waals surface area contributed by atoms with E-state index in [0.717, 1.165) is 41.3 Å². The Hall–Kier alpha value is -2.47. The second-order valence-electron chi connectivity index (χ2n) is 8.27. The molecule has 0 saturated carbocycles. The van der Waals surface area contributed by atoms with Crippen molar-refractivity contribution in [3.8, 4) is 11.4 Å². The topological polar surface area (TPSA) is 90.9 Å². The van der Waals surface area contributed by atoms with Crippen LogP contribution in [0.3, 0.4) is 0 Å². The highest BCUT2D eigenvalue weighted by Crippen LogP contribution is 2.32. The molecule has 1 atom stereocenters. The van der Waals surface area contributed by atoms with Crippen LogP contribution in [0, 0.1) is 0 Å². The molecular formula is C23H29IN6O3. The van der Waals surface area contributed by atoms with Crippen molar-refractivity contribution in [2.45, 2.75) is 39.8 Å². The van der Waals surface area contributed by atoms with Crippen LogP contribution in [0.5, 0.6) is 0 Å². The molecule has 1 N–H and O–H groups in total. The van der Waals surface area contributed by atoms with E-state index in [2.05, 4.69) is 17.1 Å². The number of fused-ring (bicyclic) bond motifs is 1. The number of carbonyl (C=O) groups excluding carboxylic acids is 2. The molecule has 33 heavy (non-hydrogen) atoms. The van der Waals surface area contributed by atoms with Crippen molar-refractivity contribution in [3.05, 3.63) is 35.5 Å². The Balaban J connectivity index is 1.71. The summed E-state index contributed by atoms with van der Waals surface area (Å²) in [7, 11) is 0. The Kier molecular flexibility index (Phi) is 7.32. The molecule has 3 heterocycles. The first kappa shape index (κ1) is 23.7. The summed E-state index contributed by atoms with van der Waals surface area (Å²) in [6, 6.07) is 7.68. The normalized spacial score (nSPS) is 18.0. The van der Waals surface area contributed by atoms with E-state index in [0.29, 0.717) is 38.7 Å². The molecule has 2 aromatic rings. The maximum atomic E-state index is 12.1. The van der Waals surface area contributed by atoms with Crippen molar-refractivity contribution in [1.82, 2.24) is 20.2 Å². The van der Waals surface area contributed by atoms with Crippen molar-refractivity contribution < 1.29 is 14.3 Å². The minimum atomic E-state index is -0.163. The Morgan fingerprint density at radius 2 is 2.00 bits per heavy atom.